The Morgan fingerprint density at radius 1 is 1.29 bits per heavy atom. The molecule has 1 aromatic carbocycles. The summed E-state index contributed by atoms with van der Waals surface area (Å²) >= 11 is 0. The maximum absolute atomic E-state index is 12.9. The highest BCUT2D eigenvalue weighted by molar-refractivity contribution is 6.10. The molecule has 8 heteroatoms. The number of methoxy groups -OCH3 is 1. The molecule has 1 saturated carbocycles. The van der Waals surface area contributed by atoms with Gasteiger partial charge in [-0.15, -0.1) is 0 Å². The third kappa shape index (κ3) is 3.85. The minimum absolute atomic E-state index is 0.293. The van der Waals surface area contributed by atoms with Gasteiger partial charge in [0.2, 0.25) is 5.91 Å². The zero-order chi connectivity index (χ0) is 20.3. The first-order valence-electron chi connectivity index (χ1n) is 9.51. The molecule has 0 radical (unpaired) electrons. The van der Waals surface area contributed by atoms with Gasteiger partial charge in [0.1, 0.15) is 12.1 Å². The van der Waals surface area contributed by atoms with Gasteiger partial charge in [0.05, 0.1) is 12.7 Å². The molecule has 0 aromatic heterocycles. The van der Waals surface area contributed by atoms with Crippen LogP contribution in [-0.2, 0) is 14.3 Å². The lowest BCUT2D eigenvalue weighted by Crippen LogP contribution is -2.49. The summed E-state index contributed by atoms with van der Waals surface area (Å²) < 4.78 is 4.65. The number of nitrogens with one attached hydrogen (secondary N) is 2. The van der Waals surface area contributed by atoms with Crippen LogP contribution in [0.5, 0.6) is 0 Å². The monoisotopic (exact) mass is 387 g/mol. The second-order valence-corrected chi connectivity index (χ2v) is 7.38. The molecule has 150 valence electrons. The summed E-state index contributed by atoms with van der Waals surface area (Å²) in [6.45, 7) is 1.76. The number of hydrogen-bond donors (Lipinski definition) is 2. The standard InChI is InChI=1S/C20H25N3O5/c1-3-13-7-9-20(10-8-13)18(26)23(19(27)22-20)12-16(24)21-15-6-4-5-14(11-15)17(25)28-2/h4-6,11,13H,3,7-10,12H2,1-2H3,(H,21,24)(H,22,27). The van der Waals surface area contributed by atoms with Crippen molar-refractivity contribution in [2.45, 2.75) is 44.6 Å². The predicted octanol–water partition coefficient (Wildman–Crippen LogP) is 2.30. The van der Waals surface area contributed by atoms with Gasteiger partial charge in [-0.25, -0.2) is 9.59 Å². The lowest BCUT2D eigenvalue weighted by molar-refractivity contribution is -0.135. The molecule has 1 aliphatic carbocycles. The van der Waals surface area contributed by atoms with Gasteiger partial charge < -0.3 is 15.4 Å². The number of imide groups is 1. The summed E-state index contributed by atoms with van der Waals surface area (Å²) in [6.07, 6.45) is 4.06. The van der Waals surface area contributed by atoms with Gasteiger partial charge in [0.15, 0.2) is 0 Å². The van der Waals surface area contributed by atoms with Crippen molar-refractivity contribution in [3.63, 3.8) is 0 Å². The van der Waals surface area contributed by atoms with Crippen molar-refractivity contribution in [3.8, 4) is 0 Å². The van der Waals surface area contributed by atoms with E-state index in [9.17, 15) is 19.2 Å². The fraction of sp³-hybridized carbons (Fsp3) is 0.500. The molecule has 2 N–H and O–H groups in total. The van der Waals surface area contributed by atoms with Crippen molar-refractivity contribution in [1.29, 1.82) is 0 Å². The highest BCUT2D eigenvalue weighted by Crippen LogP contribution is 2.37. The average molecular weight is 387 g/mol. The van der Waals surface area contributed by atoms with Crippen LogP contribution < -0.4 is 10.6 Å². The van der Waals surface area contributed by atoms with E-state index in [2.05, 4.69) is 22.3 Å². The zero-order valence-corrected chi connectivity index (χ0v) is 16.1. The number of ether oxygens (including phenoxy) is 1. The molecule has 1 spiro atoms. The molecule has 28 heavy (non-hydrogen) atoms. The van der Waals surface area contributed by atoms with Gasteiger partial charge in [0, 0.05) is 5.69 Å². The second kappa shape index (κ2) is 8.00. The maximum Gasteiger partial charge on any atom is 0.337 e. The normalized spacial score (nSPS) is 24.2. The minimum Gasteiger partial charge on any atom is -0.465 e. The number of carbonyl (C=O) groups is 4. The lowest BCUT2D eigenvalue weighted by Gasteiger charge is -2.34. The third-order valence-corrected chi connectivity index (χ3v) is 5.65. The Hall–Kier alpha value is -2.90. The smallest absolute Gasteiger partial charge is 0.337 e. The molecule has 2 aliphatic rings. The Kier molecular flexibility index (Phi) is 5.67. The Bertz CT molecular complexity index is 799. The number of amides is 4. The summed E-state index contributed by atoms with van der Waals surface area (Å²) in [4.78, 5) is 50.1. The maximum atomic E-state index is 12.9. The highest BCUT2D eigenvalue weighted by Gasteiger charge is 2.52. The predicted molar refractivity (Wildman–Crippen MR) is 102 cm³/mol. The van der Waals surface area contributed by atoms with E-state index in [1.54, 1.807) is 18.2 Å². The molecular formula is C20H25N3O5. The van der Waals surface area contributed by atoms with Gasteiger partial charge >= 0.3 is 12.0 Å². The third-order valence-electron chi connectivity index (χ3n) is 5.65. The SMILES string of the molecule is CCC1CCC2(CC1)NC(=O)N(CC(=O)Nc1cccc(C(=O)OC)c1)C2=O. The minimum atomic E-state index is -0.867. The quantitative estimate of drug-likeness (QED) is 0.596. The molecule has 0 atom stereocenters. The Balaban J connectivity index is 1.64. The summed E-state index contributed by atoms with van der Waals surface area (Å²) in [5, 5.41) is 5.43. The summed E-state index contributed by atoms with van der Waals surface area (Å²) in [6, 6.07) is 5.73. The fourth-order valence-corrected chi connectivity index (χ4v) is 3.92. The Labute approximate surface area is 163 Å². The van der Waals surface area contributed by atoms with E-state index in [1.165, 1.54) is 13.2 Å². The summed E-state index contributed by atoms with van der Waals surface area (Å²) in [5.74, 6) is -0.778. The van der Waals surface area contributed by atoms with E-state index in [-0.39, 0.29) is 12.5 Å². The van der Waals surface area contributed by atoms with Crippen molar-refractivity contribution >= 4 is 29.5 Å². The van der Waals surface area contributed by atoms with Crippen LogP contribution in [0, 0.1) is 5.92 Å². The number of urea groups is 1. The van der Waals surface area contributed by atoms with Gasteiger partial charge in [0.25, 0.3) is 5.91 Å². The van der Waals surface area contributed by atoms with Crippen LogP contribution in [0.4, 0.5) is 10.5 Å². The number of carbonyl (C=O) groups excluding carboxylic acids is 4. The summed E-state index contributed by atoms with van der Waals surface area (Å²) in [5.41, 5.74) is -0.187. The van der Waals surface area contributed by atoms with E-state index in [4.69, 9.17) is 0 Å². The van der Waals surface area contributed by atoms with Crippen molar-refractivity contribution in [3.05, 3.63) is 29.8 Å². The van der Waals surface area contributed by atoms with E-state index in [0.29, 0.717) is 30.0 Å². The first-order valence-corrected chi connectivity index (χ1v) is 9.51. The summed E-state index contributed by atoms with van der Waals surface area (Å²) in [7, 11) is 1.27. The van der Waals surface area contributed by atoms with Crippen LogP contribution in [0.15, 0.2) is 24.3 Å². The van der Waals surface area contributed by atoms with Crippen LogP contribution in [-0.4, -0.2) is 47.9 Å². The number of anilines is 1. The van der Waals surface area contributed by atoms with Gasteiger partial charge in [-0.05, 0) is 49.8 Å². The van der Waals surface area contributed by atoms with E-state index in [1.807, 2.05) is 0 Å². The highest BCUT2D eigenvalue weighted by atomic mass is 16.5. The van der Waals surface area contributed by atoms with Gasteiger partial charge in [-0.3, -0.25) is 14.5 Å². The van der Waals surface area contributed by atoms with Crippen LogP contribution >= 0.6 is 0 Å². The van der Waals surface area contributed by atoms with Gasteiger partial charge in [-0.1, -0.05) is 19.4 Å². The average Bonchev–Trinajstić information content (AvgIpc) is 2.92. The first-order chi connectivity index (χ1) is 13.4. The number of hydrogen-bond acceptors (Lipinski definition) is 5. The molecule has 1 saturated heterocycles. The largest absolute Gasteiger partial charge is 0.465 e. The fourth-order valence-electron chi connectivity index (χ4n) is 3.92. The van der Waals surface area contributed by atoms with E-state index >= 15 is 0 Å². The molecule has 3 rings (SSSR count). The molecule has 1 aromatic rings. The number of nitrogens with zero attached hydrogens (tertiary/aromatic N) is 1. The topological polar surface area (TPSA) is 105 Å². The Morgan fingerprint density at radius 2 is 2.00 bits per heavy atom. The van der Waals surface area contributed by atoms with Crippen LogP contribution in [0.25, 0.3) is 0 Å². The van der Waals surface area contributed by atoms with Crippen molar-refractivity contribution in [2.24, 2.45) is 5.92 Å². The molecule has 1 aliphatic heterocycles. The first kappa shape index (κ1) is 19.9. The molecule has 2 fully saturated rings. The number of benzene rings is 1. The molecular weight excluding hydrogens is 362 g/mol. The van der Waals surface area contributed by atoms with Crippen molar-refractivity contribution in [1.82, 2.24) is 10.2 Å². The molecule has 0 unspecified atom stereocenters. The van der Waals surface area contributed by atoms with Crippen LogP contribution in [0.1, 0.15) is 49.4 Å². The molecule has 8 nitrogen and oxygen atoms in total. The molecule has 4 amide bonds. The van der Waals surface area contributed by atoms with Crippen molar-refractivity contribution < 1.29 is 23.9 Å². The van der Waals surface area contributed by atoms with Crippen LogP contribution in [0.3, 0.4) is 0 Å². The lowest BCUT2D eigenvalue weighted by atomic mass is 9.75. The number of esters is 1. The second-order valence-electron chi connectivity index (χ2n) is 7.38. The van der Waals surface area contributed by atoms with E-state index < -0.39 is 23.4 Å². The van der Waals surface area contributed by atoms with Crippen LogP contribution in [0.2, 0.25) is 0 Å². The van der Waals surface area contributed by atoms with Gasteiger partial charge in [-0.2, -0.15) is 0 Å². The zero-order valence-electron chi connectivity index (χ0n) is 16.1. The molecule has 0 bridgehead atoms. The van der Waals surface area contributed by atoms with E-state index in [0.717, 1.165) is 24.2 Å². The number of rotatable bonds is 5. The van der Waals surface area contributed by atoms with Crippen molar-refractivity contribution in [2.75, 3.05) is 19.0 Å². The molecule has 1 heterocycles. The Morgan fingerprint density at radius 3 is 2.64 bits per heavy atom.